The van der Waals surface area contributed by atoms with Crippen LogP contribution in [-0.2, 0) is 24.5 Å². The molecule has 0 unspecified atom stereocenters. The second kappa shape index (κ2) is 11.2. The summed E-state index contributed by atoms with van der Waals surface area (Å²) in [6, 6.07) is 24.8. The van der Waals surface area contributed by atoms with Gasteiger partial charge in [0.1, 0.15) is 26.7 Å². The van der Waals surface area contributed by atoms with Crippen LogP contribution in [0.3, 0.4) is 0 Å². The Balaban J connectivity index is 1.32. The number of fused-ring (bicyclic) bond motifs is 1. The van der Waals surface area contributed by atoms with E-state index in [2.05, 4.69) is 11.2 Å². The van der Waals surface area contributed by atoms with E-state index in [1.807, 2.05) is 38.1 Å². The Kier molecular flexibility index (Phi) is 7.73. The summed E-state index contributed by atoms with van der Waals surface area (Å²) in [7, 11) is -8.30. The fourth-order valence-electron chi connectivity index (χ4n) is 4.03. The highest BCUT2D eigenvalue weighted by atomic mass is 32.2. The largest absolute Gasteiger partial charge is 0.379 e. The number of aryl methyl sites for hydroxylation is 2. The molecule has 1 aliphatic rings. The predicted molar refractivity (Wildman–Crippen MR) is 159 cm³/mol. The lowest BCUT2D eigenvalue weighted by Gasteiger charge is -2.09. The standard InChI is InChI=1S/C30H22N2O6S3/c1-20-7-12-25(13-8-20)40(33,34)37-24-11-9-23-18-26(14-10-22(23)17-24)41(35,36)38-32-30-16-15-29(39-30)28(19-31)27-6-4-3-5-21(27)2/h3-18H,1-2H3/b29-28-,32-30+. The third kappa shape index (κ3) is 6.20. The second-order valence-electron chi connectivity index (χ2n) is 9.08. The first-order valence-corrected chi connectivity index (χ1v) is 15.8. The summed E-state index contributed by atoms with van der Waals surface area (Å²) in [5.41, 5.74) is 3.11. The van der Waals surface area contributed by atoms with Crippen LogP contribution in [0.4, 0.5) is 0 Å². The van der Waals surface area contributed by atoms with Crippen LogP contribution in [-0.4, -0.2) is 21.9 Å². The molecule has 8 nitrogen and oxygen atoms in total. The first-order chi connectivity index (χ1) is 19.6. The van der Waals surface area contributed by atoms with Gasteiger partial charge in [0, 0.05) is 4.91 Å². The Hall–Kier alpha value is -4.37. The molecular weight excluding hydrogens is 581 g/mol. The van der Waals surface area contributed by atoms with E-state index in [-0.39, 0.29) is 20.6 Å². The summed E-state index contributed by atoms with van der Waals surface area (Å²) in [6.07, 6.45) is 3.27. The third-order valence-electron chi connectivity index (χ3n) is 6.18. The van der Waals surface area contributed by atoms with Gasteiger partial charge in [-0.3, -0.25) is 4.28 Å². The zero-order valence-electron chi connectivity index (χ0n) is 21.8. The van der Waals surface area contributed by atoms with Gasteiger partial charge in [-0.2, -0.15) is 22.1 Å². The summed E-state index contributed by atoms with van der Waals surface area (Å²) in [5, 5.41) is 14.9. The van der Waals surface area contributed by atoms with E-state index in [1.165, 1.54) is 42.5 Å². The van der Waals surface area contributed by atoms with E-state index >= 15 is 0 Å². The maximum absolute atomic E-state index is 12.9. The van der Waals surface area contributed by atoms with Crippen molar-refractivity contribution in [1.82, 2.24) is 0 Å². The summed E-state index contributed by atoms with van der Waals surface area (Å²) in [6.45, 7) is 3.76. The number of nitrogens with zero attached hydrogens (tertiary/aromatic N) is 2. The molecule has 0 bridgehead atoms. The van der Waals surface area contributed by atoms with Crippen molar-refractivity contribution < 1.29 is 25.3 Å². The normalized spacial score (nSPS) is 15.6. The fourth-order valence-corrected chi connectivity index (χ4v) is 6.60. The predicted octanol–water partition coefficient (Wildman–Crippen LogP) is 6.48. The second-order valence-corrected chi connectivity index (χ2v) is 13.2. The van der Waals surface area contributed by atoms with E-state index in [1.54, 1.807) is 30.4 Å². The van der Waals surface area contributed by atoms with Crippen LogP contribution >= 0.6 is 11.8 Å². The lowest BCUT2D eigenvalue weighted by molar-refractivity contribution is 0.340. The first-order valence-electron chi connectivity index (χ1n) is 12.2. The fraction of sp³-hybridized carbons (Fsp3) is 0.0667. The average Bonchev–Trinajstić information content (AvgIpc) is 3.42. The van der Waals surface area contributed by atoms with E-state index in [4.69, 9.17) is 8.47 Å². The number of nitriles is 1. The molecule has 0 spiro atoms. The zero-order chi connectivity index (χ0) is 29.2. The molecule has 0 amide bonds. The number of thioether (sulfide) groups is 1. The monoisotopic (exact) mass is 602 g/mol. The summed E-state index contributed by atoms with van der Waals surface area (Å²) in [4.78, 5) is 0.533. The van der Waals surface area contributed by atoms with Gasteiger partial charge in [0.2, 0.25) is 0 Å². The lowest BCUT2D eigenvalue weighted by Crippen LogP contribution is -2.09. The van der Waals surface area contributed by atoms with E-state index < -0.39 is 20.2 Å². The first kappa shape index (κ1) is 28.2. The Morgan fingerprint density at radius 2 is 1.49 bits per heavy atom. The molecule has 4 aromatic carbocycles. The van der Waals surface area contributed by atoms with Crippen LogP contribution in [0.1, 0.15) is 16.7 Å². The third-order valence-corrected chi connectivity index (χ3v) is 9.52. The van der Waals surface area contributed by atoms with Crippen LogP contribution in [0, 0.1) is 25.2 Å². The minimum atomic E-state index is -4.26. The van der Waals surface area contributed by atoms with Gasteiger partial charge in [-0.15, -0.1) is 0 Å². The van der Waals surface area contributed by atoms with Crippen molar-refractivity contribution in [3.63, 3.8) is 0 Å². The molecule has 0 aliphatic carbocycles. The Morgan fingerprint density at radius 3 is 2.22 bits per heavy atom. The molecule has 0 N–H and O–H groups in total. The Bertz CT molecular complexity index is 2020. The number of hydrogen-bond donors (Lipinski definition) is 0. The number of oxime groups is 1. The van der Waals surface area contributed by atoms with Gasteiger partial charge in [-0.1, -0.05) is 71.0 Å². The summed E-state index contributed by atoms with van der Waals surface area (Å²) < 4.78 is 61.2. The molecule has 41 heavy (non-hydrogen) atoms. The van der Waals surface area contributed by atoms with Crippen LogP contribution < -0.4 is 4.18 Å². The minimum Gasteiger partial charge on any atom is -0.379 e. The van der Waals surface area contributed by atoms with Crippen LogP contribution in [0.5, 0.6) is 5.75 Å². The van der Waals surface area contributed by atoms with Crippen molar-refractivity contribution in [1.29, 1.82) is 5.26 Å². The molecule has 11 heteroatoms. The van der Waals surface area contributed by atoms with Crippen LogP contribution in [0.15, 0.2) is 117 Å². The topological polar surface area (TPSA) is 123 Å². The minimum absolute atomic E-state index is 0.0281. The SMILES string of the molecule is Cc1ccc(S(=O)(=O)Oc2ccc3cc(S(=O)(=O)O/N=C4C=C/C(=C(\C#N)c5ccccc5C)S\4)ccc3c2)cc1. The zero-order valence-corrected chi connectivity index (χ0v) is 24.3. The van der Waals surface area contributed by atoms with Crippen molar-refractivity contribution in [2.45, 2.75) is 23.6 Å². The molecule has 5 rings (SSSR count). The van der Waals surface area contributed by atoms with Gasteiger partial charge in [-0.25, -0.2) is 0 Å². The molecule has 0 saturated heterocycles. The number of benzene rings is 4. The molecule has 4 aromatic rings. The van der Waals surface area contributed by atoms with Crippen molar-refractivity contribution >= 4 is 53.4 Å². The molecular formula is C30H22N2O6S3. The van der Waals surface area contributed by atoms with Gasteiger partial charge < -0.3 is 4.18 Å². The Morgan fingerprint density at radius 1 is 0.805 bits per heavy atom. The molecule has 0 saturated carbocycles. The smallest absolute Gasteiger partial charge is 0.358 e. The molecule has 0 radical (unpaired) electrons. The van der Waals surface area contributed by atoms with Gasteiger partial charge >= 0.3 is 20.2 Å². The van der Waals surface area contributed by atoms with Gasteiger partial charge in [0.25, 0.3) is 0 Å². The van der Waals surface area contributed by atoms with Gasteiger partial charge in [0.05, 0.1) is 5.57 Å². The van der Waals surface area contributed by atoms with E-state index in [0.717, 1.165) is 28.5 Å². The molecule has 0 aromatic heterocycles. The highest BCUT2D eigenvalue weighted by Gasteiger charge is 2.21. The summed E-state index contributed by atoms with van der Waals surface area (Å²) >= 11 is 1.13. The molecule has 0 atom stereocenters. The molecule has 1 heterocycles. The molecule has 1 aliphatic heterocycles. The quantitative estimate of drug-likeness (QED) is 0.134. The number of hydrogen-bond acceptors (Lipinski definition) is 9. The van der Waals surface area contributed by atoms with Crippen molar-refractivity contribution in [2.75, 3.05) is 0 Å². The lowest BCUT2D eigenvalue weighted by atomic mass is 10.0. The summed E-state index contributed by atoms with van der Waals surface area (Å²) in [5.74, 6) is 0.0904. The number of rotatable bonds is 7. The van der Waals surface area contributed by atoms with Crippen molar-refractivity contribution in [2.24, 2.45) is 5.16 Å². The van der Waals surface area contributed by atoms with E-state index in [0.29, 0.717) is 21.3 Å². The van der Waals surface area contributed by atoms with Crippen LogP contribution in [0.25, 0.3) is 16.3 Å². The maximum atomic E-state index is 12.9. The average molecular weight is 603 g/mol. The van der Waals surface area contributed by atoms with Gasteiger partial charge in [-0.05, 0) is 84.3 Å². The molecule has 0 fully saturated rings. The van der Waals surface area contributed by atoms with Gasteiger partial charge in [0.15, 0.2) is 0 Å². The van der Waals surface area contributed by atoms with Crippen molar-refractivity contribution in [3.8, 4) is 11.8 Å². The number of allylic oxidation sites excluding steroid dienone is 2. The Labute approximate surface area is 242 Å². The highest BCUT2D eigenvalue weighted by molar-refractivity contribution is 8.18. The maximum Gasteiger partial charge on any atom is 0.358 e. The van der Waals surface area contributed by atoms with E-state index in [9.17, 15) is 22.1 Å². The highest BCUT2D eigenvalue weighted by Crippen LogP contribution is 2.35. The van der Waals surface area contributed by atoms with Crippen molar-refractivity contribution in [3.05, 3.63) is 119 Å². The molecule has 206 valence electrons. The van der Waals surface area contributed by atoms with Crippen LogP contribution in [0.2, 0.25) is 0 Å².